The quantitative estimate of drug-likeness (QED) is 0.568. The Bertz CT molecular complexity index is 1050. The molecule has 0 bridgehead atoms. The van der Waals surface area contributed by atoms with E-state index in [-0.39, 0.29) is 31.3 Å². The molecule has 9 nitrogen and oxygen atoms in total. The number of nitro benzene ring substituents is 1. The Morgan fingerprint density at radius 3 is 2.78 bits per heavy atom. The predicted molar refractivity (Wildman–Crippen MR) is 95.6 cm³/mol. The van der Waals surface area contributed by atoms with Crippen molar-refractivity contribution in [3.05, 3.63) is 63.2 Å². The highest BCUT2D eigenvalue weighted by atomic mass is 32.2. The number of benzene rings is 2. The van der Waals surface area contributed by atoms with Gasteiger partial charge in [-0.25, -0.2) is 8.42 Å². The number of nitriles is 1. The van der Waals surface area contributed by atoms with Crippen LogP contribution in [0.4, 0.5) is 11.4 Å². The molecule has 1 aliphatic rings. The zero-order chi connectivity index (χ0) is 19.6. The third-order valence-electron chi connectivity index (χ3n) is 3.96. The molecule has 0 spiro atoms. The number of non-ortho nitro benzene ring substituents is 1. The fourth-order valence-corrected chi connectivity index (χ4v) is 3.66. The SMILES string of the molecule is CS(=O)(=O)N(Cc1cc([N+](=O)[O-])cc2c1OCOC2)c1cccc(C#N)c1. The Hall–Kier alpha value is -3.16. The summed E-state index contributed by atoms with van der Waals surface area (Å²) in [5, 5.41) is 20.3. The van der Waals surface area contributed by atoms with Crippen molar-refractivity contribution in [1.29, 1.82) is 5.26 Å². The van der Waals surface area contributed by atoms with E-state index in [1.165, 1.54) is 18.2 Å². The number of fused-ring (bicyclic) bond motifs is 1. The number of nitro groups is 1. The summed E-state index contributed by atoms with van der Waals surface area (Å²) in [6.07, 6.45) is 1.03. The predicted octanol–water partition coefficient (Wildman–Crippen LogP) is 2.30. The summed E-state index contributed by atoms with van der Waals surface area (Å²) in [6, 6.07) is 10.7. The molecule has 0 radical (unpaired) electrons. The second-order valence-corrected chi connectivity index (χ2v) is 7.80. The Labute approximate surface area is 155 Å². The summed E-state index contributed by atoms with van der Waals surface area (Å²) in [5.74, 6) is 0.372. The number of rotatable bonds is 5. The highest BCUT2D eigenvalue weighted by Gasteiger charge is 2.25. The average Bonchev–Trinajstić information content (AvgIpc) is 2.64. The highest BCUT2D eigenvalue weighted by molar-refractivity contribution is 7.92. The maximum atomic E-state index is 12.4. The molecule has 1 aliphatic heterocycles. The van der Waals surface area contributed by atoms with Crippen LogP contribution in [0.2, 0.25) is 0 Å². The van der Waals surface area contributed by atoms with E-state index in [2.05, 4.69) is 0 Å². The van der Waals surface area contributed by atoms with E-state index in [0.29, 0.717) is 22.4 Å². The zero-order valence-corrected chi connectivity index (χ0v) is 15.1. The van der Waals surface area contributed by atoms with Gasteiger partial charge in [-0.15, -0.1) is 0 Å². The van der Waals surface area contributed by atoms with Crippen LogP contribution in [0.25, 0.3) is 0 Å². The van der Waals surface area contributed by atoms with E-state index < -0.39 is 14.9 Å². The topological polar surface area (TPSA) is 123 Å². The lowest BCUT2D eigenvalue weighted by molar-refractivity contribution is -0.385. The van der Waals surface area contributed by atoms with Crippen LogP contribution in [0.1, 0.15) is 16.7 Å². The van der Waals surface area contributed by atoms with Gasteiger partial charge >= 0.3 is 0 Å². The molecule has 27 heavy (non-hydrogen) atoms. The number of ether oxygens (including phenoxy) is 2. The smallest absolute Gasteiger partial charge is 0.270 e. The van der Waals surface area contributed by atoms with E-state index in [9.17, 15) is 18.5 Å². The molecule has 2 aromatic rings. The van der Waals surface area contributed by atoms with Crippen molar-refractivity contribution in [2.45, 2.75) is 13.2 Å². The molecule has 3 rings (SSSR count). The van der Waals surface area contributed by atoms with Gasteiger partial charge in [0.25, 0.3) is 5.69 Å². The average molecular weight is 389 g/mol. The fourth-order valence-electron chi connectivity index (χ4n) is 2.79. The maximum absolute atomic E-state index is 12.4. The van der Waals surface area contributed by atoms with E-state index in [1.807, 2.05) is 6.07 Å². The van der Waals surface area contributed by atoms with Crippen LogP contribution < -0.4 is 9.04 Å². The summed E-state index contributed by atoms with van der Waals surface area (Å²) in [7, 11) is -3.73. The Balaban J connectivity index is 2.10. The highest BCUT2D eigenvalue weighted by Crippen LogP contribution is 2.34. The number of hydrogen-bond donors (Lipinski definition) is 0. The second kappa shape index (κ2) is 7.22. The molecule has 0 saturated heterocycles. The van der Waals surface area contributed by atoms with Crippen molar-refractivity contribution in [3.8, 4) is 11.8 Å². The summed E-state index contributed by atoms with van der Waals surface area (Å²) in [6.45, 7) is -0.0782. The first-order valence-corrected chi connectivity index (χ1v) is 9.63. The normalized spacial score (nSPS) is 13.2. The minimum absolute atomic E-state index is 0.0272. The zero-order valence-electron chi connectivity index (χ0n) is 14.3. The van der Waals surface area contributed by atoms with E-state index in [0.717, 1.165) is 10.6 Å². The molecule has 0 saturated carbocycles. The first kappa shape index (κ1) is 18.6. The van der Waals surface area contributed by atoms with Crippen molar-refractivity contribution in [2.24, 2.45) is 0 Å². The minimum Gasteiger partial charge on any atom is -0.467 e. The molecule has 0 atom stereocenters. The Morgan fingerprint density at radius 2 is 2.11 bits per heavy atom. The van der Waals surface area contributed by atoms with E-state index >= 15 is 0 Å². The van der Waals surface area contributed by atoms with Gasteiger partial charge in [0.15, 0.2) is 6.79 Å². The number of nitrogens with zero attached hydrogens (tertiary/aromatic N) is 3. The first-order chi connectivity index (χ1) is 12.8. The van der Waals surface area contributed by atoms with Gasteiger partial charge in [0.1, 0.15) is 5.75 Å². The number of anilines is 1. The standard InChI is InChI=1S/C17H15N3O6S/c1-27(23,24)19(15-4-2-3-12(5-15)8-18)9-13-6-16(20(21)22)7-14-10-25-11-26-17(13)14/h2-7H,9-11H2,1H3. The van der Waals surface area contributed by atoms with Gasteiger partial charge in [-0.2, -0.15) is 5.26 Å². The van der Waals surface area contributed by atoms with Gasteiger partial charge in [-0.1, -0.05) is 6.07 Å². The number of sulfonamides is 1. The lowest BCUT2D eigenvalue weighted by Crippen LogP contribution is -2.30. The van der Waals surface area contributed by atoms with Crippen LogP contribution >= 0.6 is 0 Å². The molecular formula is C17H15N3O6S. The fraction of sp³-hybridized carbons (Fsp3) is 0.235. The first-order valence-electron chi connectivity index (χ1n) is 7.78. The molecule has 0 fully saturated rings. The van der Waals surface area contributed by atoms with Crippen molar-refractivity contribution in [1.82, 2.24) is 0 Å². The molecular weight excluding hydrogens is 374 g/mol. The Morgan fingerprint density at radius 1 is 1.33 bits per heavy atom. The van der Waals surface area contributed by atoms with Gasteiger partial charge in [-0.05, 0) is 18.2 Å². The van der Waals surface area contributed by atoms with Gasteiger partial charge in [0.05, 0.1) is 41.7 Å². The lowest BCUT2D eigenvalue weighted by Gasteiger charge is -2.26. The van der Waals surface area contributed by atoms with Gasteiger partial charge in [-0.3, -0.25) is 14.4 Å². The third kappa shape index (κ3) is 3.99. The summed E-state index contributed by atoms with van der Waals surface area (Å²) in [4.78, 5) is 10.7. The maximum Gasteiger partial charge on any atom is 0.270 e. The third-order valence-corrected chi connectivity index (χ3v) is 5.10. The van der Waals surface area contributed by atoms with Gasteiger partial charge in [0, 0.05) is 23.3 Å². The Kier molecular flexibility index (Phi) is 4.98. The van der Waals surface area contributed by atoms with Crippen molar-refractivity contribution >= 4 is 21.4 Å². The van der Waals surface area contributed by atoms with Crippen LogP contribution in [0.3, 0.4) is 0 Å². The molecule has 140 valence electrons. The molecule has 0 N–H and O–H groups in total. The monoisotopic (exact) mass is 389 g/mol. The molecule has 0 aliphatic carbocycles. The van der Waals surface area contributed by atoms with Crippen LogP contribution in [-0.2, 0) is 27.9 Å². The molecule has 2 aromatic carbocycles. The number of hydrogen-bond acceptors (Lipinski definition) is 7. The van der Waals surface area contributed by atoms with Crippen molar-refractivity contribution < 1.29 is 22.8 Å². The molecule has 0 amide bonds. The summed E-state index contributed by atoms with van der Waals surface area (Å²) in [5.41, 5.74) is 1.22. The molecule has 0 unspecified atom stereocenters. The second-order valence-electron chi connectivity index (χ2n) is 5.89. The van der Waals surface area contributed by atoms with E-state index in [1.54, 1.807) is 18.2 Å². The largest absolute Gasteiger partial charge is 0.467 e. The van der Waals surface area contributed by atoms with Crippen molar-refractivity contribution in [2.75, 3.05) is 17.4 Å². The lowest BCUT2D eigenvalue weighted by atomic mass is 10.1. The van der Waals surface area contributed by atoms with E-state index in [4.69, 9.17) is 14.7 Å². The van der Waals surface area contributed by atoms with Crippen LogP contribution in [-0.4, -0.2) is 26.4 Å². The summed E-state index contributed by atoms with van der Waals surface area (Å²) >= 11 is 0. The van der Waals surface area contributed by atoms with Crippen molar-refractivity contribution in [3.63, 3.8) is 0 Å². The molecule has 1 heterocycles. The summed E-state index contributed by atoms with van der Waals surface area (Å²) < 4.78 is 36.4. The molecule has 0 aromatic heterocycles. The minimum atomic E-state index is -3.73. The van der Waals surface area contributed by atoms with Gasteiger partial charge in [0.2, 0.25) is 10.0 Å². The van der Waals surface area contributed by atoms with Crippen LogP contribution in [0, 0.1) is 21.4 Å². The van der Waals surface area contributed by atoms with Gasteiger partial charge < -0.3 is 9.47 Å². The van der Waals surface area contributed by atoms with Crippen LogP contribution in [0.15, 0.2) is 36.4 Å². The molecule has 10 heteroatoms. The van der Waals surface area contributed by atoms with Crippen LogP contribution in [0.5, 0.6) is 5.75 Å².